The minimum atomic E-state index is 0.641. The molecule has 0 radical (unpaired) electrons. The van der Waals surface area contributed by atoms with Crippen molar-refractivity contribution in [1.82, 2.24) is 10.2 Å². The molecular weight excluding hydrogens is 252 g/mol. The Kier molecular flexibility index (Phi) is 5.68. The second kappa shape index (κ2) is 7.50. The zero-order valence-corrected chi connectivity index (χ0v) is 12.8. The van der Waals surface area contributed by atoms with Gasteiger partial charge in [-0.3, -0.25) is 4.90 Å². The first-order valence-electron chi connectivity index (χ1n) is 7.44. The first-order valence-corrected chi connectivity index (χ1v) is 7.44. The zero-order valence-electron chi connectivity index (χ0n) is 12.8. The van der Waals surface area contributed by atoms with Crippen LogP contribution in [0, 0.1) is 0 Å². The summed E-state index contributed by atoms with van der Waals surface area (Å²) in [7, 11) is 3.36. The van der Waals surface area contributed by atoms with Crippen molar-refractivity contribution in [3.63, 3.8) is 0 Å². The second-order valence-electron chi connectivity index (χ2n) is 5.25. The molecule has 0 aromatic heterocycles. The van der Waals surface area contributed by atoms with Gasteiger partial charge in [0.05, 0.1) is 14.2 Å². The Morgan fingerprint density at radius 2 is 2.05 bits per heavy atom. The molecule has 1 aliphatic rings. The molecule has 0 spiro atoms. The van der Waals surface area contributed by atoms with Gasteiger partial charge < -0.3 is 14.8 Å². The van der Waals surface area contributed by atoms with E-state index in [1.54, 1.807) is 14.2 Å². The van der Waals surface area contributed by atoms with Crippen LogP contribution in [0.2, 0.25) is 0 Å². The summed E-state index contributed by atoms with van der Waals surface area (Å²) in [5, 5.41) is 3.49. The molecule has 0 bridgehead atoms. The van der Waals surface area contributed by atoms with Crippen LogP contribution < -0.4 is 14.8 Å². The van der Waals surface area contributed by atoms with E-state index in [0.29, 0.717) is 6.04 Å². The van der Waals surface area contributed by atoms with Gasteiger partial charge in [-0.15, -0.1) is 0 Å². The summed E-state index contributed by atoms with van der Waals surface area (Å²) in [6, 6.07) is 6.83. The van der Waals surface area contributed by atoms with Crippen molar-refractivity contribution in [2.24, 2.45) is 0 Å². The van der Waals surface area contributed by atoms with E-state index in [2.05, 4.69) is 29.3 Å². The van der Waals surface area contributed by atoms with Crippen molar-refractivity contribution < 1.29 is 9.47 Å². The summed E-state index contributed by atoms with van der Waals surface area (Å²) in [6.07, 6.45) is 2.56. The van der Waals surface area contributed by atoms with Gasteiger partial charge in [0.1, 0.15) is 0 Å². The van der Waals surface area contributed by atoms with Gasteiger partial charge in [0, 0.05) is 19.1 Å². The lowest BCUT2D eigenvalue weighted by Gasteiger charge is -2.34. The van der Waals surface area contributed by atoms with Crippen LogP contribution in [0.5, 0.6) is 11.5 Å². The smallest absolute Gasteiger partial charge is 0.161 e. The zero-order chi connectivity index (χ0) is 14.4. The number of nitrogens with zero attached hydrogens (tertiary/aromatic N) is 1. The Bertz CT molecular complexity index is 417. The molecule has 0 aliphatic carbocycles. The SMILES string of the molecule is CCN(Cc1ccc(OC)c(OC)c1)C1CCCNC1. The van der Waals surface area contributed by atoms with Crippen molar-refractivity contribution in [2.45, 2.75) is 32.4 Å². The Hall–Kier alpha value is -1.26. The van der Waals surface area contributed by atoms with Crippen LogP contribution in [0.25, 0.3) is 0 Å². The highest BCUT2D eigenvalue weighted by atomic mass is 16.5. The number of benzene rings is 1. The lowest BCUT2D eigenvalue weighted by Crippen LogP contribution is -2.45. The first-order chi connectivity index (χ1) is 9.78. The molecular formula is C16H26N2O2. The number of ether oxygens (including phenoxy) is 2. The molecule has 112 valence electrons. The molecule has 1 atom stereocenters. The lowest BCUT2D eigenvalue weighted by atomic mass is 10.0. The van der Waals surface area contributed by atoms with Gasteiger partial charge in [0.25, 0.3) is 0 Å². The van der Waals surface area contributed by atoms with Gasteiger partial charge in [0.2, 0.25) is 0 Å². The Labute approximate surface area is 122 Å². The molecule has 0 amide bonds. The van der Waals surface area contributed by atoms with E-state index in [1.165, 1.54) is 18.4 Å². The molecule has 2 rings (SSSR count). The maximum absolute atomic E-state index is 5.38. The number of hydrogen-bond acceptors (Lipinski definition) is 4. The monoisotopic (exact) mass is 278 g/mol. The molecule has 1 saturated heterocycles. The van der Waals surface area contributed by atoms with Crippen molar-refractivity contribution in [3.05, 3.63) is 23.8 Å². The standard InChI is InChI=1S/C16H26N2O2/c1-4-18(14-6-5-9-17-11-14)12-13-7-8-15(19-2)16(10-13)20-3/h7-8,10,14,17H,4-6,9,11-12H2,1-3H3. The highest BCUT2D eigenvalue weighted by Crippen LogP contribution is 2.28. The van der Waals surface area contributed by atoms with E-state index < -0.39 is 0 Å². The number of rotatable bonds is 6. The van der Waals surface area contributed by atoms with Crippen molar-refractivity contribution >= 4 is 0 Å². The third-order valence-electron chi connectivity index (χ3n) is 4.03. The predicted molar refractivity (Wildman–Crippen MR) is 81.5 cm³/mol. The molecule has 1 N–H and O–H groups in total. The van der Waals surface area contributed by atoms with E-state index in [9.17, 15) is 0 Å². The second-order valence-corrected chi connectivity index (χ2v) is 5.25. The quantitative estimate of drug-likeness (QED) is 0.865. The number of hydrogen-bond donors (Lipinski definition) is 1. The van der Waals surface area contributed by atoms with E-state index >= 15 is 0 Å². The van der Waals surface area contributed by atoms with Gasteiger partial charge in [-0.05, 0) is 43.6 Å². The Morgan fingerprint density at radius 1 is 1.25 bits per heavy atom. The maximum Gasteiger partial charge on any atom is 0.161 e. The maximum atomic E-state index is 5.38. The van der Waals surface area contributed by atoms with E-state index in [-0.39, 0.29) is 0 Å². The fourth-order valence-corrected chi connectivity index (χ4v) is 2.86. The number of methoxy groups -OCH3 is 2. The molecule has 4 nitrogen and oxygen atoms in total. The topological polar surface area (TPSA) is 33.7 Å². The van der Waals surface area contributed by atoms with Gasteiger partial charge in [-0.1, -0.05) is 13.0 Å². The van der Waals surface area contributed by atoms with Gasteiger partial charge >= 0.3 is 0 Å². The fraction of sp³-hybridized carbons (Fsp3) is 0.625. The molecule has 1 aliphatic heterocycles. The summed E-state index contributed by atoms with van der Waals surface area (Å²) >= 11 is 0. The Morgan fingerprint density at radius 3 is 2.65 bits per heavy atom. The first kappa shape index (κ1) is 15.1. The summed E-state index contributed by atoms with van der Waals surface area (Å²) in [4.78, 5) is 2.54. The minimum Gasteiger partial charge on any atom is -0.493 e. The molecule has 1 heterocycles. The molecule has 1 aromatic carbocycles. The van der Waals surface area contributed by atoms with E-state index in [4.69, 9.17) is 9.47 Å². The third kappa shape index (κ3) is 3.64. The lowest BCUT2D eigenvalue weighted by molar-refractivity contribution is 0.166. The van der Waals surface area contributed by atoms with Crippen LogP contribution in [-0.4, -0.2) is 44.8 Å². The molecule has 20 heavy (non-hydrogen) atoms. The van der Waals surface area contributed by atoms with E-state index in [1.807, 2.05) is 6.07 Å². The van der Waals surface area contributed by atoms with Crippen LogP contribution in [0.15, 0.2) is 18.2 Å². The highest BCUT2D eigenvalue weighted by Gasteiger charge is 2.20. The minimum absolute atomic E-state index is 0.641. The van der Waals surface area contributed by atoms with Crippen LogP contribution in [-0.2, 0) is 6.54 Å². The highest BCUT2D eigenvalue weighted by molar-refractivity contribution is 5.42. The van der Waals surface area contributed by atoms with E-state index in [0.717, 1.165) is 37.7 Å². The van der Waals surface area contributed by atoms with Crippen LogP contribution in [0.3, 0.4) is 0 Å². The van der Waals surface area contributed by atoms with Gasteiger partial charge in [-0.25, -0.2) is 0 Å². The summed E-state index contributed by atoms with van der Waals surface area (Å²) in [6.45, 7) is 6.52. The summed E-state index contributed by atoms with van der Waals surface area (Å²) in [5.74, 6) is 1.60. The number of piperidine rings is 1. The Balaban J connectivity index is 2.06. The molecule has 4 heteroatoms. The summed E-state index contributed by atoms with van der Waals surface area (Å²) < 4.78 is 10.7. The normalized spacial score (nSPS) is 19.1. The molecule has 1 fully saturated rings. The average Bonchev–Trinajstić information content (AvgIpc) is 2.53. The molecule has 1 unspecified atom stereocenters. The molecule has 0 saturated carbocycles. The van der Waals surface area contributed by atoms with Gasteiger partial charge in [0.15, 0.2) is 11.5 Å². The molecule has 1 aromatic rings. The largest absolute Gasteiger partial charge is 0.493 e. The van der Waals surface area contributed by atoms with Crippen molar-refractivity contribution in [3.8, 4) is 11.5 Å². The third-order valence-corrected chi connectivity index (χ3v) is 4.03. The predicted octanol–water partition coefficient (Wildman–Crippen LogP) is 2.28. The van der Waals surface area contributed by atoms with Crippen LogP contribution in [0.4, 0.5) is 0 Å². The van der Waals surface area contributed by atoms with Crippen molar-refractivity contribution in [2.75, 3.05) is 33.9 Å². The van der Waals surface area contributed by atoms with Crippen LogP contribution in [0.1, 0.15) is 25.3 Å². The van der Waals surface area contributed by atoms with Crippen molar-refractivity contribution in [1.29, 1.82) is 0 Å². The summed E-state index contributed by atoms with van der Waals surface area (Å²) in [5.41, 5.74) is 1.27. The van der Waals surface area contributed by atoms with Gasteiger partial charge in [-0.2, -0.15) is 0 Å². The fourth-order valence-electron chi connectivity index (χ4n) is 2.86. The average molecular weight is 278 g/mol. The number of likely N-dealkylation sites (N-methyl/N-ethyl adjacent to an activating group) is 1. The van der Waals surface area contributed by atoms with Crippen LogP contribution >= 0.6 is 0 Å². The number of nitrogens with one attached hydrogen (secondary N) is 1.